The van der Waals surface area contributed by atoms with Crippen LogP contribution in [0.15, 0.2) is 72.8 Å². The van der Waals surface area contributed by atoms with Crippen LogP contribution in [0, 0.1) is 5.92 Å². The van der Waals surface area contributed by atoms with Crippen LogP contribution < -0.4 is 19.5 Å². The molecule has 2 aliphatic heterocycles. The van der Waals surface area contributed by atoms with Gasteiger partial charge in [-0.05, 0) is 53.9 Å². The Morgan fingerprint density at radius 2 is 1.74 bits per heavy atom. The second-order valence-electron chi connectivity index (χ2n) is 8.88. The van der Waals surface area contributed by atoms with Crippen LogP contribution in [0.2, 0.25) is 0 Å². The zero-order valence-electron chi connectivity index (χ0n) is 19.6. The molecule has 2 aliphatic rings. The second kappa shape index (κ2) is 10.1. The van der Waals surface area contributed by atoms with Gasteiger partial charge in [0.15, 0.2) is 11.5 Å². The van der Waals surface area contributed by atoms with Crippen molar-refractivity contribution in [3.05, 3.63) is 89.5 Å². The first-order valence-electron chi connectivity index (χ1n) is 11.7. The first kappa shape index (κ1) is 22.8. The second-order valence-corrected chi connectivity index (χ2v) is 8.88. The third kappa shape index (κ3) is 5.09. The van der Waals surface area contributed by atoms with Crippen molar-refractivity contribution < 1.29 is 23.8 Å². The molecule has 0 radical (unpaired) electrons. The van der Waals surface area contributed by atoms with E-state index in [0.29, 0.717) is 48.9 Å². The fraction of sp³-hybridized carbons (Fsp3) is 0.286. The number of nitrogens with one attached hydrogen (secondary N) is 1. The summed E-state index contributed by atoms with van der Waals surface area (Å²) in [7, 11) is 1.60. The molecule has 35 heavy (non-hydrogen) atoms. The number of rotatable bonds is 6. The first-order valence-corrected chi connectivity index (χ1v) is 11.7. The molecule has 1 saturated heterocycles. The van der Waals surface area contributed by atoms with E-state index in [1.165, 1.54) is 0 Å². The van der Waals surface area contributed by atoms with E-state index >= 15 is 0 Å². The van der Waals surface area contributed by atoms with Crippen molar-refractivity contribution in [3.63, 3.8) is 0 Å². The number of fused-ring (bicyclic) bond motifs is 1. The molecule has 2 unspecified atom stereocenters. The third-order valence-electron chi connectivity index (χ3n) is 6.62. The van der Waals surface area contributed by atoms with Crippen molar-refractivity contribution in [2.75, 3.05) is 27.0 Å². The van der Waals surface area contributed by atoms with E-state index in [2.05, 4.69) is 17.4 Å². The molecule has 7 heteroatoms. The van der Waals surface area contributed by atoms with Gasteiger partial charge in [-0.2, -0.15) is 0 Å². The van der Waals surface area contributed by atoms with E-state index in [-0.39, 0.29) is 30.4 Å². The summed E-state index contributed by atoms with van der Waals surface area (Å²) in [6.45, 7) is 1.54. The molecule has 5 rings (SSSR count). The van der Waals surface area contributed by atoms with Crippen LogP contribution >= 0.6 is 0 Å². The third-order valence-corrected chi connectivity index (χ3v) is 6.62. The van der Waals surface area contributed by atoms with Gasteiger partial charge in [0.2, 0.25) is 12.7 Å². The normalized spacial score (nSPS) is 18.7. The highest BCUT2D eigenvalue weighted by Crippen LogP contribution is 2.33. The van der Waals surface area contributed by atoms with Gasteiger partial charge >= 0.3 is 0 Å². The molecule has 0 saturated carbocycles. The zero-order chi connectivity index (χ0) is 24.2. The van der Waals surface area contributed by atoms with Gasteiger partial charge < -0.3 is 24.4 Å². The number of hydrogen-bond donors (Lipinski definition) is 1. The van der Waals surface area contributed by atoms with Crippen LogP contribution in [0.5, 0.6) is 17.2 Å². The maximum absolute atomic E-state index is 13.4. The molecular weight excluding hydrogens is 444 g/mol. The monoisotopic (exact) mass is 472 g/mol. The highest BCUT2D eigenvalue weighted by atomic mass is 16.7. The summed E-state index contributed by atoms with van der Waals surface area (Å²) in [6.07, 6.45) is 0.684. The predicted molar refractivity (Wildman–Crippen MR) is 131 cm³/mol. The number of ether oxygens (including phenoxy) is 3. The summed E-state index contributed by atoms with van der Waals surface area (Å²) < 4.78 is 16.0. The molecule has 2 heterocycles. The molecule has 1 fully saturated rings. The number of likely N-dealkylation sites (tertiary alicyclic amines) is 1. The van der Waals surface area contributed by atoms with E-state index in [0.717, 1.165) is 11.1 Å². The van der Waals surface area contributed by atoms with Gasteiger partial charge in [0.05, 0.1) is 13.0 Å². The van der Waals surface area contributed by atoms with Crippen molar-refractivity contribution >= 4 is 11.8 Å². The SMILES string of the molecule is COc1ccc(C(=O)N2CC(C(=O)NCc3ccc4c(c3)OCO4)CC(c3ccccc3)C2)cc1. The van der Waals surface area contributed by atoms with Gasteiger partial charge in [-0.3, -0.25) is 9.59 Å². The lowest BCUT2D eigenvalue weighted by Crippen LogP contribution is -2.48. The summed E-state index contributed by atoms with van der Waals surface area (Å²) in [5, 5.41) is 3.06. The average Bonchev–Trinajstić information content (AvgIpc) is 3.39. The number of hydrogen-bond acceptors (Lipinski definition) is 5. The molecule has 7 nitrogen and oxygen atoms in total. The topological polar surface area (TPSA) is 77.1 Å². The number of benzene rings is 3. The summed E-state index contributed by atoms with van der Waals surface area (Å²) >= 11 is 0. The molecule has 0 aliphatic carbocycles. The quantitative estimate of drug-likeness (QED) is 0.587. The summed E-state index contributed by atoms with van der Waals surface area (Å²) in [4.78, 5) is 28.4. The van der Waals surface area contributed by atoms with Crippen LogP contribution in [0.4, 0.5) is 0 Å². The van der Waals surface area contributed by atoms with E-state index < -0.39 is 0 Å². The molecule has 3 aromatic carbocycles. The Balaban J connectivity index is 1.31. The molecule has 2 amide bonds. The Bertz CT molecular complexity index is 1200. The maximum Gasteiger partial charge on any atom is 0.253 e. The molecule has 1 N–H and O–H groups in total. The van der Waals surface area contributed by atoms with Crippen molar-refractivity contribution in [2.24, 2.45) is 5.92 Å². The first-order chi connectivity index (χ1) is 17.1. The number of carbonyl (C=O) groups excluding carboxylic acids is 2. The predicted octanol–water partition coefficient (Wildman–Crippen LogP) is 3.99. The lowest BCUT2D eigenvalue weighted by molar-refractivity contribution is -0.126. The van der Waals surface area contributed by atoms with Crippen LogP contribution in [0.3, 0.4) is 0 Å². The standard InChI is InChI=1S/C28H28N2O5/c1-33-24-10-8-21(9-11-24)28(32)30-16-22(20-5-3-2-4-6-20)14-23(17-30)27(31)29-15-19-7-12-25-26(13-19)35-18-34-25/h2-13,22-23H,14-18H2,1H3,(H,29,31). The average molecular weight is 473 g/mol. The number of piperidine rings is 1. The van der Waals surface area contributed by atoms with Gasteiger partial charge in [-0.1, -0.05) is 36.4 Å². The number of carbonyl (C=O) groups is 2. The number of nitrogens with zero attached hydrogens (tertiary/aromatic N) is 1. The fourth-order valence-electron chi connectivity index (χ4n) is 4.72. The van der Waals surface area contributed by atoms with Crippen molar-refractivity contribution in [1.29, 1.82) is 0 Å². The smallest absolute Gasteiger partial charge is 0.253 e. The Morgan fingerprint density at radius 1 is 0.971 bits per heavy atom. The minimum atomic E-state index is -0.315. The van der Waals surface area contributed by atoms with Crippen LogP contribution in [0.1, 0.15) is 33.8 Å². The van der Waals surface area contributed by atoms with E-state index in [1.54, 1.807) is 36.3 Å². The van der Waals surface area contributed by atoms with Gasteiger partial charge in [0.1, 0.15) is 5.75 Å². The minimum absolute atomic E-state index is 0.0594. The van der Waals surface area contributed by atoms with Gasteiger partial charge in [-0.15, -0.1) is 0 Å². The Kier molecular flexibility index (Phi) is 6.57. The van der Waals surface area contributed by atoms with Gasteiger partial charge in [0, 0.05) is 31.1 Å². The molecule has 0 bridgehead atoms. The summed E-state index contributed by atoms with van der Waals surface area (Å²) in [6, 6.07) is 22.8. The minimum Gasteiger partial charge on any atom is -0.497 e. The van der Waals surface area contributed by atoms with Crippen LogP contribution in [-0.4, -0.2) is 43.7 Å². The van der Waals surface area contributed by atoms with Gasteiger partial charge in [0.25, 0.3) is 5.91 Å². The van der Waals surface area contributed by atoms with Crippen molar-refractivity contribution in [2.45, 2.75) is 18.9 Å². The number of amides is 2. The molecule has 3 aromatic rings. The summed E-state index contributed by atoms with van der Waals surface area (Å²) in [5.74, 6) is 1.72. The maximum atomic E-state index is 13.4. The van der Waals surface area contributed by atoms with E-state index in [1.807, 2.05) is 36.4 Å². The highest BCUT2D eigenvalue weighted by molar-refractivity contribution is 5.95. The summed E-state index contributed by atoms with van der Waals surface area (Å²) in [5.41, 5.74) is 2.65. The van der Waals surface area contributed by atoms with Crippen molar-refractivity contribution in [3.8, 4) is 17.2 Å². The van der Waals surface area contributed by atoms with Crippen LogP contribution in [0.25, 0.3) is 0 Å². The lowest BCUT2D eigenvalue weighted by Gasteiger charge is -2.37. The zero-order valence-corrected chi connectivity index (χ0v) is 19.6. The van der Waals surface area contributed by atoms with Crippen LogP contribution in [-0.2, 0) is 11.3 Å². The lowest BCUT2D eigenvalue weighted by atomic mass is 9.83. The Labute approximate surface area is 204 Å². The van der Waals surface area contributed by atoms with E-state index in [9.17, 15) is 9.59 Å². The number of methoxy groups -OCH3 is 1. The molecule has 2 atom stereocenters. The molecule has 180 valence electrons. The fourth-order valence-corrected chi connectivity index (χ4v) is 4.72. The Hall–Kier alpha value is -4.00. The largest absolute Gasteiger partial charge is 0.497 e. The van der Waals surface area contributed by atoms with Gasteiger partial charge in [-0.25, -0.2) is 0 Å². The molecule has 0 aromatic heterocycles. The molecular formula is C28H28N2O5. The Morgan fingerprint density at radius 3 is 2.51 bits per heavy atom. The van der Waals surface area contributed by atoms with E-state index in [4.69, 9.17) is 14.2 Å². The highest BCUT2D eigenvalue weighted by Gasteiger charge is 2.34. The van der Waals surface area contributed by atoms with Crippen molar-refractivity contribution in [1.82, 2.24) is 10.2 Å². The molecule has 0 spiro atoms.